The zero-order chi connectivity index (χ0) is 14.5. The lowest BCUT2D eigenvalue weighted by Crippen LogP contribution is -2.42. The number of nitrogens with zero attached hydrogens (tertiary/aromatic N) is 3. The van der Waals surface area contributed by atoms with Gasteiger partial charge in [-0.1, -0.05) is 6.92 Å². The predicted molar refractivity (Wildman–Crippen MR) is 98.3 cm³/mol. The third-order valence-corrected chi connectivity index (χ3v) is 4.84. The fourth-order valence-electron chi connectivity index (χ4n) is 2.18. The minimum absolute atomic E-state index is 0. The fraction of sp³-hybridized carbons (Fsp3) is 0.714. The summed E-state index contributed by atoms with van der Waals surface area (Å²) in [6, 6.07) is 0. The zero-order valence-electron chi connectivity index (χ0n) is 12.9. The molecule has 0 aromatic carbocycles. The first-order valence-corrected chi connectivity index (χ1v) is 8.00. The molecule has 0 bridgehead atoms. The van der Waals surface area contributed by atoms with Crippen LogP contribution in [0.3, 0.4) is 0 Å². The van der Waals surface area contributed by atoms with E-state index in [1.165, 1.54) is 12.8 Å². The Morgan fingerprint density at radius 1 is 1.57 bits per heavy atom. The molecule has 120 valence electrons. The van der Waals surface area contributed by atoms with Crippen molar-refractivity contribution in [2.45, 2.75) is 39.3 Å². The molecule has 7 heteroatoms. The molecule has 1 aromatic rings. The van der Waals surface area contributed by atoms with Gasteiger partial charge in [0.15, 0.2) is 5.96 Å². The van der Waals surface area contributed by atoms with Gasteiger partial charge in [-0.25, -0.2) is 9.98 Å². The van der Waals surface area contributed by atoms with Crippen LogP contribution in [0.25, 0.3) is 0 Å². The Morgan fingerprint density at radius 2 is 2.24 bits per heavy atom. The summed E-state index contributed by atoms with van der Waals surface area (Å²) in [6.07, 6.45) is 2.43. The molecule has 1 aliphatic heterocycles. The first-order chi connectivity index (χ1) is 9.60. The van der Waals surface area contributed by atoms with E-state index in [4.69, 9.17) is 10.5 Å². The van der Waals surface area contributed by atoms with Gasteiger partial charge < -0.3 is 15.4 Å². The standard InChI is InChI=1S/C14H24N4OS.HI/c1-10-4-6-18(7-5-10)14(15)16-8-12-9-20-13(17-12)11(2)19-3;/h9-11H,4-8H2,1-3H3,(H2,15,16);1H. The second-order valence-corrected chi connectivity index (χ2v) is 6.29. The highest BCUT2D eigenvalue weighted by atomic mass is 127. The van der Waals surface area contributed by atoms with Crippen molar-refractivity contribution in [2.24, 2.45) is 16.6 Å². The molecule has 1 atom stereocenters. The Kier molecular flexibility index (Phi) is 7.89. The Labute approximate surface area is 148 Å². The average molecular weight is 424 g/mol. The van der Waals surface area contributed by atoms with Crippen molar-refractivity contribution in [3.63, 3.8) is 0 Å². The summed E-state index contributed by atoms with van der Waals surface area (Å²) < 4.78 is 5.26. The van der Waals surface area contributed by atoms with Crippen LogP contribution in [0.2, 0.25) is 0 Å². The predicted octanol–water partition coefficient (Wildman–Crippen LogP) is 3.02. The SMILES string of the molecule is COC(C)c1nc(CN=C(N)N2CCC(C)CC2)cs1.I. The van der Waals surface area contributed by atoms with Gasteiger partial charge in [0, 0.05) is 25.6 Å². The minimum Gasteiger partial charge on any atom is -0.375 e. The van der Waals surface area contributed by atoms with E-state index in [1.54, 1.807) is 18.4 Å². The van der Waals surface area contributed by atoms with Crippen molar-refractivity contribution in [2.75, 3.05) is 20.2 Å². The van der Waals surface area contributed by atoms with Gasteiger partial charge in [-0.2, -0.15) is 0 Å². The molecule has 2 rings (SSSR count). The second-order valence-electron chi connectivity index (χ2n) is 5.40. The largest absolute Gasteiger partial charge is 0.375 e. The quantitative estimate of drug-likeness (QED) is 0.459. The van der Waals surface area contributed by atoms with E-state index in [1.807, 2.05) is 12.3 Å². The monoisotopic (exact) mass is 424 g/mol. The van der Waals surface area contributed by atoms with Gasteiger partial charge in [-0.05, 0) is 25.7 Å². The lowest BCUT2D eigenvalue weighted by atomic mass is 10.00. The van der Waals surface area contributed by atoms with E-state index >= 15 is 0 Å². The topological polar surface area (TPSA) is 63.7 Å². The van der Waals surface area contributed by atoms with Gasteiger partial charge in [-0.3, -0.25) is 0 Å². The number of nitrogens with two attached hydrogens (primary N) is 1. The van der Waals surface area contributed by atoms with Crippen LogP contribution >= 0.6 is 35.3 Å². The van der Waals surface area contributed by atoms with E-state index in [0.29, 0.717) is 12.5 Å². The molecule has 5 nitrogen and oxygen atoms in total. The third kappa shape index (κ3) is 5.37. The summed E-state index contributed by atoms with van der Waals surface area (Å²) in [7, 11) is 1.69. The highest BCUT2D eigenvalue weighted by Gasteiger charge is 2.17. The number of guanidine groups is 1. The maximum Gasteiger partial charge on any atom is 0.191 e. The normalized spacial score (nSPS) is 18.4. The molecule has 0 spiro atoms. The number of hydrogen-bond acceptors (Lipinski definition) is 4. The third-order valence-electron chi connectivity index (χ3n) is 3.78. The van der Waals surface area contributed by atoms with E-state index in [0.717, 1.165) is 29.7 Å². The fourth-order valence-corrected chi connectivity index (χ4v) is 3.02. The molecular formula is C14H25IN4OS. The molecule has 1 saturated heterocycles. The smallest absolute Gasteiger partial charge is 0.191 e. The molecule has 1 unspecified atom stereocenters. The Morgan fingerprint density at radius 3 is 2.86 bits per heavy atom. The first-order valence-electron chi connectivity index (χ1n) is 7.12. The molecule has 0 aliphatic carbocycles. The van der Waals surface area contributed by atoms with Crippen LogP contribution < -0.4 is 5.73 Å². The Bertz CT molecular complexity index is 458. The number of methoxy groups -OCH3 is 1. The number of halogens is 1. The number of likely N-dealkylation sites (tertiary alicyclic amines) is 1. The van der Waals surface area contributed by atoms with Crippen LogP contribution in [0.1, 0.15) is 43.5 Å². The Balaban J connectivity index is 0.00000220. The van der Waals surface area contributed by atoms with Crippen LogP contribution in [0.5, 0.6) is 0 Å². The lowest BCUT2D eigenvalue weighted by molar-refractivity contribution is 0.119. The van der Waals surface area contributed by atoms with Crippen LogP contribution in [-0.2, 0) is 11.3 Å². The number of ether oxygens (including phenoxy) is 1. The molecule has 0 amide bonds. The zero-order valence-corrected chi connectivity index (χ0v) is 16.1. The van der Waals surface area contributed by atoms with Gasteiger partial charge in [-0.15, -0.1) is 35.3 Å². The van der Waals surface area contributed by atoms with Crippen LogP contribution in [0, 0.1) is 5.92 Å². The van der Waals surface area contributed by atoms with Gasteiger partial charge in [0.1, 0.15) is 11.1 Å². The summed E-state index contributed by atoms with van der Waals surface area (Å²) in [4.78, 5) is 11.2. The summed E-state index contributed by atoms with van der Waals surface area (Å²) in [6.45, 7) is 6.86. The second kappa shape index (κ2) is 8.89. The highest BCUT2D eigenvalue weighted by Crippen LogP contribution is 2.21. The summed E-state index contributed by atoms with van der Waals surface area (Å²) >= 11 is 1.61. The van der Waals surface area contributed by atoms with Gasteiger partial charge in [0.25, 0.3) is 0 Å². The van der Waals surface area contributed by atoms with Crippen LogP contribution in [-0.4, -0.2) is 36.0 Å². The average Bonchev–Trinajstić information content (AvgIpc) is 2.93. The highest BCUT2D eigenvalue weighted by molar-refractivity contribution is 14.0. The van der Waals surface area contributed by atoms with Crippen molar-refractivity contribution in [3.05, 3.63) is 16.1 Å². The van der Waals surface area contributed by atoms with Crippen molar-refractivity contribution < 1.29 is 4.74 Å². The van der Waals surface area contributed by atoms with Crippen LogP contribution in [0.4, 0.5) is 0 Å². The molecule has 2 N–H and O–H groups in total. The first kappa shape index (κ1) is 18.6. The number of aliphatic imine (C=N–C) groups is 1. The molecular weight excluding hydrogens is 399 g/mol. The summed E-state index contributed by atoms with van der Waals surface area (Å²) in [5, 5.41) is 3.02. The van der Waals surface area contributed by atoms with Crippen molar-refractivity contribution in [3.8, 4) is 0 Å². The van der Waals surface area contributed by atoms with E-state index in [9.17, 15) is 0 Å². The molecule has 1 aromatic heterocycles. The van der Waals surface area contributed by atoms with Gasteiger partial charge in [0.05, 0.1) is 12.2 Å². The summed E-state index contributed by atoms with van der Waals surface area (Å²) in [5.41, 5.74) is 7.02. The van der Waals surface area contributed by atoms with E-state index in [-0.39, 0.29) is 30.1 Å². The van der Waals surface area contributed by atoms with E-state index in [2.05, 4.69) is 21.8 Å². The number of thiazole rings is 1. The molecule has 0 saturated carbocycles. The maximum absolute atomic E-state index is 6.06. The van der Waals surface area contributed by atoms with Gasteiger partial charge in [0.2, 0.25) is 0 Å². The molecule has 1 fully saturated rings. The van der Waals surface area contributed by atoms with Crippen molar-refractivity contribution in [1.29, 1.82) is 0 Å². The van der Waals surface area contributed by atoms with Gasteiger partial charge >= 0.3 is 0 Å². The number of rotatable bonds is 4. The number of aromatic nitrogens is 1. The molecule has 0 radical (unpaired) electrons. The molecule has 2 heterocycles. The minimum atomic E-state index is 0. The maximum atomic E-state index is 6.06. The Hall–Kier alpha value is -0.410. The molecule has 1 aliphatic rings. The van der Waals surface area contributed by atoms with E-state index < -0.39 is 0 Å². The molecule has 21 heavy (non-hydrogen) atoms. The van der Waals surface area contributed by atoms with Crippen molar-refractivity contribution >= 4 is 41.3 Å². The number of hydrogen-bond donors (Lipinski definition) is 1. The van der Waals surface area contributed by atoms with Crippen LogP contribution in [0.15, 0.2) is 10.4 Å². The summed E-state index contributed by atoms with van der Waals surface area (Å²) in [5.74, 6) is 1.45. The van der Waals surface area contributed by atoms with Crippen molar-refractivity contribution in [1.82, 2.24) is 9.88 Å². The number of piperidine rings is 1. The lowest BCUT2D eigenvalue weighted by Gasteiger charge is -2.30.